The number of rotatable bonds is 4. The zero-order chi connectivity index (χ0) is 24.7. The molecule has 2 rings (SSSR count). The average molecular weight is 462 g/mol. The van der Waals surface area contributed by atoms with E-state index in [9.17, 15) is 29.1 Å². The quantitative estimate of drug-likeness (QED) is 0.534. The van der Waals surface area contributed by atoms with Crippen molar-refractivity contribution in [3.63, 3.8) is 0 Å². The van der Waals surface area contributed by atoms with Gasteiger partial charge in [0, 0.05) is 32.9 Å². The van der Waals surface area contributed by atoms with Crippen molar-refractivity contribution in [2.24, 2.45) is 5.92 Å². The van der Waals surface area contributed by atoms with Gasteiger partial charge >= 0.3 is 5.97 Å². The lowest BCUT2D eigenvalue weighted by Crippen LogP contribution is -2.28. The van der Waals surface area contributed by atoms with Gasteiger partial charge in [0.05, 0.1) is 6.54 Å². The number of ketones is 3. The number of carbonyl (C=O) groups excluding carboxylic acids is 5. The number of fused-ring (bicyclic) bond motifs is 1. The monoisotopic (exact) mass is 461 g/mol. The van der Waals surface area contributed by atoms with E-state index in [-0.39, 0.29) is 67.6 Å². The summed E-state index contributed by atoms with van der Waals surface area (Å²) in [6, 6.07) is 2.87. The van der Waals surface area contributed by atoms with Crippen molar-refractivity contribution in [3.05, 3.63) is 23.3 Å². The molecule has 0 aliphatic carbocycles. The lowest BCUT2D eigenvalue weighted by Gasteiger charge is -2.22. The van der Waals surface area contributed by atoms with Crippen LogP contribution in [-0.2, 0) is 30.3 Å². The Bertz CT molecular complexity index is 939. The fourth-order valence-corrected chi connectivity index (χ4v) is 3.39. The number of amides is 1. The van der Waals surface area contributed by atoms with Crippen LogP contribution in [-0.4, -0.2) is 65.5 Å². The van der Waals surface area contributed by atoms with E-state index in [1.54, 1.807) is 27.0 Å². The van der Waals surface area contributed by atoms with Crippen LogP contribution in [0.25, 0.3) is 0 Å². The summed E-state index contributed by atoms with van der Waals surface area (Å²) >= 11 is 0. The van der Waals surface area contributed by atoms with Crippen LogP contribution in [0.4, 0.5) is 0 Å². The number of phenolic OH excluding ortho intramolecular Hbond substituents is 1. The molecule has 2 atom stereocenters. The van der Waals surface area contributed by atoms with Crippen LogP contribution in [0.1, 0.15) is 62.4 Å². The minimum absolute atomic E-state index is 0.0193. The summed E-state index contributed by atoms with van der Waals surface area (Å²) in [4.78, 5) is 61.9. The first-order chi connectivity index (χ1) is 15.5. The first kappa shape index (κ1) is 26.0. The van der Waals surface area contributed by atoms with E-state index in [1.807, 2.05) is 0 Å². The number of cyclic esters (lactones) is 1. The van der Waals surface area contributed by atoms with Crippen LogP contribution in [0.5, 0.6) is 11.5 Å². The second kappa shape index (κ2) is 11.6. The highest BCUT2D eigenvalue weighted by Crippen LogP contribution is 2.31. The number of phenols is 1. The molecule has 0 spiro atoms. The number of esters is 1. The van der Waals surface area contributed by atoms with E-state index >= 15 is 0 Å². The van der Waals surface area contributed by atoms with Gasteiger partial charge in [0.15, 0.2) is 0 Å². The fourth-order valence-electron chi connectivity index (χ4n) is 3.39. The summed E-state index contributed by atoms with van der Waals surface area (Å²) in [7, 11) is 1.63. The summed E-state index contributed by atoms with van der Waals surface area (Å²) in [6.45, 7) is 5.38. The molecule has 33 heavy (non-hydrogen) atoms. The highest BCUT2D eigenvalue weighted by molar-refractivity contribution is 6.63. The molecule has 1 aromatic rings. The maximum absolute atomic E-state index is 12.9. The van der Waals surface area contributed by atoms with Crippen molar-refractivity contribution in [1.82, 2.24) is 4.90 Å². The van der Waals surface area contributed by atoms with Crippen LogP contribution in [0.15, 0.2) is 12.1 Å². The summed E-state index contributed by atoms with van der Waals surface area (Å²) in [6.07, 6.45) is -0.161. The number of aryl methyl sites for hydroxylation is 1. The van der Waals surface area contributed by atoms with Crippen LogP contribution < -0.4 is 4.74 Å². The third-order valence-electron chi connectivity index (χ3n) is 5.89. The van der Waals surface area contributed by atoms with Gasteiger partial charge in [-0.15, -0.1) is 0 Å². The standard InChI is InChI=1S/C24H31NO8/c1-14-8-9-20(28)23(30)19(27)7-5-6-17-12-18(32-11-10-25(4)16(3)26)13-21(29)22(17)24(31)33-15(14)2/h12-15,29H,5-11H2,1-4H3/t14-,15-/m0/s1. The van der Waals surface area contributed by atoms with Crippen molar-refractivity contribution in [1.29, 1.82) is 0 Å². The lowest BCUT2D eigenvalue weighted by molar-refractivity contribution is -0.144. The smallest absolute Gasteiger partial charge is 0.342 e. The van der Waals surface area contributed by atoms with Gasteiger partial charge in [-0.05, 0) is 43.7 Å². The Hall–Kier alpha value is -3.23. The normalized spacial score (nSPS) is 20.5. The summed E-state index contributed by atoms with van der Waals surface area (Å²) < 4.78 is 11.2. The minimum atomic E-state index is -1.00. The molecule has 0 saturated carbocycles. The number of Topliss-reactive ketones (excluding diaryl/α,β-unsaturated/α-hetero) is 3. The molecule has 1 heterocycles. The van der Waals surface area contributed by atoms with Crippen molar-refractivity contribution in [2.45, 2.75) is 59.0 Å². The second-order valence-electron chi connectivity index (χ2n) is 8.42. The third kappa shape index (κ3) is 7.13. The van der Waals surface area contributed by atoms with Crippen molar-refractivity contribution in [3.8, 4) is 11.5 Å². The van der Waals surface area contributed by atoms with Crippen LogP contribution in [0.3, 0.4) is 0 Å². The summed E-state index contributed by atoms with van der Waals surface area (Å²) in [5.41, 5.74) is 0.382. The maximum atomic E-state index is 12.9. The molecule has 0 fully saturated rings. The van der Waals surface area contributed by atoms with Crippen molar-refractivity contribution < 1.29 is 38.6 Å². The molecule has 1 amide bonds. The molecule has 9 heteroatoms. The van der Waals surface area contributed by atoms with E-state index in [4.69, 9.17) is 9.47 Å². The van der Waals surface area contributed by atoms with E-state index in [0.717, 1.165) is 0 Å². The number of nitrogens with zero attached hydrogens (tertiary/aromatic N) is 1. The largest absolute Gasteiger partial charge is 0.507 e. The van der Waals surface area contributed by atoms with E-state index in [0.29, 0.717) is 12.1 Å². The maximum Gasteiger partial charge on any atom is 0.342 e. The Morgan fingerprint density at radius 2 is 1.79 bits per heavy atom. The molecule has 0 bridgehead atoms. The van der Waals surface area contributed by atoms with E-state index < -0.39 is 29.4 Å². The lowest BCUT2D eigenvalue weighted by atomic mass is 9.94. The molecular weight excluding hydrogens is 430 g/mol. The predicted molar refractivity (Wildman–Crippen MR) is 118 cm³/mol. The molecule has 1 aliphatic rings. The molecule has 0 unspecified atom stereocenters. The summed E-state index contributed by atoms with van der Waals surface area (Å²) in [5.74, 6) is -3.59. The van der Waals surface area contributed by atoms with Crippen molar-refractivity contribution >= 4 is 29.2 Å². The van der Waals surface area contributed by atoms with Gasteiger partial charge < -0.3 is 19.5 Å². The molecule has 1 aliphatic heterocycles. The first-order valence-electron chi connectivity index (χ1n) is 11.0. The molecule has 9 nitrogen and oxygen atoms in total. The van der Waals surface area contributed by atoms with E-state index in [1.165, 1.54) is 17.9 Å². The molecule has 1 aromatic carbocycles. The number of carbonyl (C=O) groups is 5. The number of hydrogen-bond donors (Lipinski definition) is 1. The molecular formula is C24H31NO8. The Morgan fingerprint density at radius 3 is 2.45 bits per heavy atom. The van der Waals surface area contributed by atoms with Gasteiger partial charge in [0.25, 0.3) is 5.78 Å². The number of benzene rings is 1. The van der Waals surface area contributed by atoms with Crippen LogP contribution in [0, 0.1) is 5.92 Å². The summed E-state index contributed by atoms with van der Waals surface area (Å²) in [5, 5.41) is 10.6. The first-order valence-corrected chi connectivity index (χ1v) is 11.0. The molecule has 0 radical (unpaired) electrons. The SMILES string of the molecule is CC(=O)N(C)CCOc1cc(O)c2c(c1)CCCC(=O)C(=O)C(=O)CC[C@H](C)[C@H](C)OC2=O. The average Bonchev–Trinajstić information content (AvgIpc) is 2.75. The minimum Gasteiger partial charge on any atom is -0.507 e. The van der Waals surface area contributed by atoms with Gasteiger partial charge in [0.2, 0.25) is 17.5 Å². The number of aromatic hydroxyl groups is 1. The number of hydrogen-bond acceptors (Lipinski definition) is 8. The Labute approximate surface area is 193 Å². The highest BCUT2D eigenvalue weighted by Gasteiger charge is 2.28. The second-order valence-corrected chi connectivity index (χ2v) is 8.42. The molecule has 1 N–H and O–H groups in total. The molecule has 0 saturated heterocycles. The van der Waals surface area contributed by atoms with Gasteiger partial charge in [0.1, 0.15) is 29.8 Å². The zero-order valence-corrected chi connectivity index (χ0v) is 19.5. The Morgan fingerprint density at radius 1 is 1.12 bits per heavy atom. The Balaban J connectivity index is 2.31. The third-order valence-corrected chi connectivity index (χ3v) is 5.89. The van der Waals surface area contributed by atoms with Gasteiger partial charge in [-0.3, -0.25) is 19.2 Å². The Kier molecular flexibility index (Phi) is 9.13. The fraction of sp³-hybridized carbons (Fsp3) is 0.542. The molecule has 0 aromatic heterocycles. The highest BCUT2D eigenvalue weighted by atomic mass is 16.5. The van der Waals surface area contributed by atoms with Gasteiger partial charge in [-0.1, -0.05) is 6.92 Å². The van der Waals surface area contributed by atoms with Crippen LogP contribution in [0.2, 0.25) is 0 Å². The van der Waals surface area contributed by atoms with E-state index in [2.05, 4.69) is 0 Å². The van der Waals surface area contributed by atoms with Gasteiger partial charge in [-0.25, -0.2) is 4.79 Å². The molecule has 180 valence electrons. The zero-order valence-electron chi connectivity index (χ0n) is 19.5. The number of likely N-dealkylation sites (N-methyl/N-ethyl adjacent to an activating group) is 1. The number of ether oxygens (including phenoxy) is 2. The van der Waals surface area contributed by atoms with Crippen molar-refractivity contribution in [2.75, 3.05) is 20.2 Å². The topological polar surface area (TPSA) is 127 Å². The van der Waals surface area contributed by atoms with Crippen LogP contribution >= 0.6 is 0 Å². The predicted octanol–water partition coefficient (Wildman–Crippen LogP) is 2.25. The van der Waals surface area contributed by atoms with Gasteiger partial charge in [-0.2, -0.15) is 0 Å².